The van der Waals surface area contributed by atoms with Gasteiger partial charge in [0.1, 0.15) is 11.0 Å². The molecule has 3 rings (SSSR count). The van der Waals surface area contributed by atoms with Gasteiger partial charge in [-0.1, -0.05) is 43.5 Å². The zero-order chi connectivity index (χ0) is 18.0. The lowest BCUT2D eigenvalue weighted by Gasteiger charge is -2.27. The number of rotatable bonds is 4. The monoisotopic (exact) mass is 363 g/mol. The fraction of sp³-hybridized carbons (Fsp3) is 0.474. The fourth-order valence-electron chi connectivity index (χ4n) is 3.50. The van der Waals surface area contributed by atoms with Crippen LogP contribution in [-0.4, -0.2) is 21.7 Å². The van der Waals surface area contributed by atoms with Crippen molar-refractivity contribution >= 4 is 17.5 Å². The third-order valence-electron chi connectivity index (χ3n) is 4.81. The van der Waals surface area contributed by atoms with E-state index >= 15 is 0 Å². The summed E-state index contributed by atoms with van der Waals surface area (Å²) < 4.78 is 14.6. The van der Waals surface area contributed by atoms with Crippen molar-refractivity contribution in [2.24, 2.45) is 5.92 Å². The maximum absolute atomic E-state index is 13.0. The minimum atomic E-state index is -0.284. The summed E-state index contributed by atoms with van der Waals surface area (Å²) in [6, 6.07) is 6.37. The number of carbonyl (C=O) groups is 1. The Morgan fingerprint density at radius 2 is 2.08 bits per heavy atom. The molecule has 2 aromatic rings. The first-order valence-electron chi connectivity index (χ1n) is 8.72. The van der Waals surface area contributed by atoms with Crippen LogP contribution < -0.4 is 5.32 Å². The topological polar surface area (TPSA) is 46.9 Å². The molecule has 1 aliphatic carbocycles. The summed E-state index contributed by atoms with van der Waals surface area (Å²) in [5, 5.41) is 7.82. The molecule has 0 spiro atoms. The Hall–Kier alpha value is -1.88. The molecule has 134 valence electrons. The molecule has 1 aliphatic rings. The normalized spacial score (nSPS) is 20.5. The maximum Gasteiger partial charge on any atom is 0.256 e. The van der Waals surface area contributed by atoms with Crippen LogP contribution >= 0.6 is 11.6 Å². The average molecular weight is 364 g/mol. The summed E-state index contributed by atoms with van der Waals surface area (Å²) in [7, 11) is 0. The number of hydrogen-bond acceptors (Lipinski definition) is 2. The summed E-state index contributed by atoms with van der Waals surface area (Å²) in [5.41, 5.74) is 1.91. The van der Waals surface area contributed by atoms with E-state index in [0.717, 1.165) is 24.8 Å². The van der Waals surface area contributed by atoms with E-state index in [-0.39, 0.29) is 17.8 Å². The fourth-order valence-corrected chi connectivity index (χ4v) is 3.82. The lowest BCUT2D eigenvalue weighted by atomic mass is 9.87. The highest BCUT2D eigenvalue weighted by molar-refractivity contribution is 6.33. The van der Waals surface area contributed by atoms with Crippen LogP contribution in [0.25, 0.3) is 0 Å². The summed E-state index contributed by atoms with van der Waals surface area (Å²) in [6.07, 6.45) is 4.38. The van der Waals surface area contributed by atoms with E-state index in [2.05, 4.69) is 17.3 Å². The van der Waals surface area contributed by atoms with Gasteiger partial charge in [-0.3, -0.25) is 4.79 Å². The molecule has 1 amide bonds. The molecule has 0 radical (unpaired) electrons. The van der Waals surface area contributed by atoms with Gasteiger partial charge in [0.25, 0.3) is 5.91 Å². The zero-order valence-corrected chi connectivity index (χ0v) is 15.3. The molecule has 6 heteroatoms. The minimum Gasteiger partial charge on any atom is -0.349 e. The van der Waals surface area contributed by atoms with Crippen LogP contribution in [0.1, 0.15) is 54.2 Å². The van der Waals surface area contributed by atoms with E-state index in [1.807, 2.05) is 0 Å². The first kappa shape index (κ1) is 17.9. The predicted octanol–water partition coefficient (Wildman–Crippen LogP) is 4.34. The lowest BCUT2D eigenvalue weighted by Crippen LogP contribution is -2.38. The van der Waals surface area contributed by atoms with Crippen molar-refractivity contribution in [3.05, 3.63) is 52.1 Å². The van der Waals surface area contributed by atoms with Gasteiger partial charge in [0.2, 0.25) is 0 Å². The van der Waals surface area contributed by atoms with Crippen LogP contribution in [0, 0.1) is 18.7 Å². The molecule has 1 saturated carbocycles. The number of hydrogen-bond donors (Lipinski definition) is 1. The second kappa shape index (κ2) is 7.56. The second-order valence-corrected chi connectivity index (χ2v) is 7.34. The van der Waals surface area contributed by atoms with E-state index in [0.29, 0.717) is 28.9 Å². The number of nitrogens with zero attached hydrogens (tertiary/aromatic N) is 2. The van der Waals surface area contributed by atoms with Gasteiger partial charge in [-0.2, -0.15) is 5.10 Å². The van der Waals surface area contributed by atoms with Crippen molar-refractivity contribution in [3.63, 3.8) is 0 Å². The third-order valence-corrected chi connectivity index (χ3v) is 5.19. The summed E-state index contributed by atoms with van der Waals surface area (Å²) in [6.45, 7) is 4.40. The van der Waals surface area contributed by atoms with E-state index in [1.165, 1.54) is 18.6 Å². The molecule has 0 aliphatic heterocycles. The van der Waals surface area contributed by atoms with Gasteiger partial charge in [-0.05, 0) is 43.4 Å². The van der Waals surface area contributed by atoms with Crippen LogP contribution in [0.5, 0.6) is 0 Å². The van der Waals surface area contributed by atoms with Crippen molar-refractivity contribution in [2.75, 3.05) is 0 Å². The van der Waals surface area contributed by atoms with Crippen LogP contribution in [0.15, 0.2) is 24.3 Å². The van der Waals surface area contributed by atoms with Gasteiger partial charge in [0.05, 0.1) is 17.8 Å². The summed E-state index contributed by atoms with van der Waals surface area (Å²) >= 11 is 6.42. The smallest absolute Gasteiger partial charge is 0.256 e. The molecule has 0 bridgehead atoms. The van der Waals surface area contributed by atoms with E-state index in [9.17, 15) is 9.18 Å². The van der Waals surface area contributed by atoms with E-state index in [4.69, 9.17) is 11.6 Å². The summed E-state index contributed by atoms with van der Waals surface area (Å²) in [4.78, 5) is 12.7. The second-order valence-electron chi connectivity index (χ2n) is 6.98. The SMILES string of the molecule is Cc1nn(Cc2ccc(F)cc2)c(Cl)c1C(=O)NC1CCCC(C)C1. The quantitative estimate of drug-likeness (QED) is 0.878. The van der Waals surface area contributed by atoms with Crippen LogP contribution in [0.4, 0.5) is 4.39 Å². The molecule has 1 fully saturated rings. The molecular weight excluding hydrogens is 341 g/mol. The van der Waals surface area contributed by atoms with Gasteiger partial charge < -0.3 is 5.32 Å². The Morgan fingerprint density at radius 1 is 1.36 bits per heavy atom. The number of halogens is 2. The van der Waals surface area contributed by atoms with Crippen LogP contribution in [-0.2, 0) is 6.54 Å². The average Bonchev–Trinajstić information content (AvgIpc) is 2.83. The molecule has 0 saturated heterocycles. The number of carbonyl (C=O) groups excluding carboxylic acids is 1. The number of aromatic nitrogens is 2. The Kier molecular flexibility index (Phi) is 5.42. The van der Waals surface area contributed by atoms with Gasteiger partial charge in [-0.15, -0.1) is 0 Å². The number of amides is 1. The molecule has 25 heavy (non-hydrogen) atoms. The van der Waals surface area contributed by atoms with Crippen molar-refractivity contribution in [1.29, 1.82) is 0 Å². The Bertz CT molecular complexity index is 757. The van der Waals surface area contributed by atoms with Gasteiger partial charge >= 0.3 is 0 Å². The Labute approximate surface area is 152 Å². The molecule has 4 nitrogen and oxygen atoms in total. The van der Waals surface area contributed by atoms with Gasteiger partial charge in [0, 0.05) is 6.04 Å². The van der Waals surface area contributed by atoms with Crippen molar-refractivity contribution in [1.82, 2.24) is 15.1 Å². The van der Waals surface area contributed by atoms with E-state index < -0.39 is 0 Å². The highest BCUT2D eigenvalue weighted by atomic mass is 35.5. The molecule has 2 atom stereocenters. The first-order chi connectivity index (χ1) is 11.9. The van der Waals surface area contributed by atoms with Crippen molar-refractivity contribution in [2.45, 2.75) is 52.1 Å². The van der Waals surface area contributed by atoms with Gasteiger partial charge in [-0.25, -0.2) is 9.07 Å². The molecule has 2 unspecified atom stereocenters. The number of nitrogens with one attached hydrogen (secondary N) is 1. The highest BCUT2D eigenvalue weighted by Gasteiger charge is 2.25. The van der Waals surface area contributed by atoms with Crippen LogP contribution in [0.2, 0.25) is 5.15 Å². The lowest BCUT2D eigenvalue weighted by molar-refractivity contribution is 0.0921. The first-order valence-corrected chi connectivity index (χ1v) is 9.10. The summed E-state index contributed by atoms with van der Waals surface area (Å²) in [5.74, 6) is 0.192. The molecular formula is C19H23ClFN3O. The van der Waals surface area contributed by atoms with Crippen molar-refractivity contribution < 1.29 is 9.18 Å². The number of aryl methyl sites for hydroxylation is 1. The van der Waals surface area contributed by atoms with Crippen LogP contribution in [0.3, 0.4) is 0 Å². The maximum atomic E-state index is 13.0. The minimum absolute atomic E-state index is 0.160. The van der Waals surface area contributed by atoms with Crippen molar-refractivity contribution in [3.8, 4) is 0 Å². The standard InChI is InChI=1S/C19H23ClFN3O/c1-12-4-3-5-16(10-12)22-19(25)17-13(2)23-24(18(17)20)11-14-6-8-15(21)9-7-14/h6-9,12,16H,3-5,10-11H2,1-2H3,(H,22,25). The largest absolute Gasteiger partial charge is 0.349 e. The Morgan fingerprint density at radius 3 is 2.76 bits per heavy atom. The zero-order valence-electron chi connectivity index (χ0n) is 14.6. The molecule has 1 aromatic carbocycles. The Balaban J connectivity index is 1.74. The third kappa shape index (κ3) is 4.21. The molecule has 1 heterocycles. The van der Waals surface area contributed by atoms with E-state index in [1.54, 1.807) is 23.7 Å². The molecule has 1 N–H and O–H groups in total. The van der Waals surface area contributed by atoms with Gasteiger partial charge in [0.15, 0.2) is 0 Å². The highest BCUT2D eigenvalue weighted by Crippen LogP contribution is 2.25. The predicted molar refractivity (Wildman–Crippen MR) is 96.4 cm³/mol. The molecule has 1 aromatic heterocycles. The number of benzene rings is 1.